The number of nitrogens with two attached hydrogens (primary N) is 1. The van der Waals surface area contributed by atoms with Gasteiger partial charge in [-0.2, -0.15) is 0 Å². The van der Waals surface area contributed by atoms with Crippen LogP contribution in [0.5, 0.6) is 5.75 Å². The van der Waals surface area contributed by atoms with E-state index in [2.05, 4.69) is 10.3 Å². The minimum absolute atomic E-state index is 0.108. The van der Waals surface area contributed by atoms with Crippen LogP contribution in [0.15, 0.2) is 60.8 Å². The Morgan fingerprint density at radius 2 is 1.81 bits per heavy atom. The third kappa shape index (κ3) is 3.81. The fourth-order valence-corrected chi connectivity index (χ4v) is 2.62. The number of hydrogen-bond donors (Lipinski definition) is 4. The van der Waals surface area contributed by atoms with Gasteiger partial charge in [-0.3, -0.25) is 4.79 Å². The second kappa shape index (κ2) is 7.67. The Labute approximate surface area is 150 Å². The molecule has 5 N–H and O–H groups in total. The zero-order chi connectivity index (χ0) is 18.5. The van der Waals surface area contributed by atoms with Crippen LogP contribution in [-0.4, -0.2) is 34.3 Å². The molecule has 1 amide bonds. The first-order valence-electron chi connectivity index (χ1n) is 8.13. The van der Waals surface area contributed by atoms with Crippen LogP contribution in [0.4, 0.5) is 5.82 Å². The first kappa shape index (κ1) is 17.4. The molecule has 3 rings (SSSR count). The Morgan fingerprint density at radius 3 is 2.54 bits per heavy atom. The van der Waals surface area contributed by atoms with Gasteiger partial charge in [0.15, 0.2) is 0 Å². The Bertz CT molecular complexity index is 924. The van der Waals surface area contributed by atoms with Crippen LogP contribution in [0.1, 0.15) is 10.4 Å². The van der Waals surface area contributed by atoms with Gasteiger partial charge in [-0.1, -0.05) is 24.3 Å². The maximum Gasteiger partial charge on any atom is 0.251 e. The number of carbonyl (C=O) groups excluding carboxylic acids is 1. The van der Waals surface area contributed by atoms with E-state index in [0.717, 1.165) is 22.3 Å². The van der Waals surface area contributed by atoms with Crippen LogP contribution in [0.25, 0.3) is 22.3 Å². The van der Waals surface area contributed by atoms with Gasteiger partial charge in [0.1, 0.15) is 11.6 Å². The lowest BCUT2D eigenvalue weighted by Crippen LogP contribution is -2.26. The lowest BCUT2D eigenvalue weighted by molar-refractivity contribution is 0.0945. The summed E-state index contributed by atoms with van der Waals surface area (Å²) in [6.07, 6.45) is 1.66. The fraction of sp³-hybridized carbons (Fsp3) is 0.100. The summed E-state index contributed by atoms with van der Waals surface area (Å²) in [5.74, 6) is 0.317. The van der Waals surface area contributed by atoms with Crippen molar-refractivity contribution in [2.24, 2.45) is 0 Å². The predicted octanol–water partition coefficient (Wildman–Crippen LogP) is 2.43. The summed E-state index contributed by atoms with van der Waals surface area (Å²) in [7, 11) is 0. The molecule has 6 nitrogen and oxygen atoms in total. The van der Waals surface area contributed by atoms with Crippen LogP contribution < -0.4 is 11.1 Å². The van der Waals surface area contributed by atoms with Gasteiger partial charge in [0.2, 0.25) is 0 Å². The highest BCUT2D eigenvalue weighted by atomic mass is 16.3. The first-order chi connectivity index (χ1) is 12.6. The predicted molar refractivity (Wildman–Crippen MR) is 101 cm³/mol. The SMILES string of the molecule is Nc1ncc(-c2cccc(C(=O)NCCO)c2)cc1-c1ccc(O)cc1. The summed E-state index contributed by atoms with van der Waals surface area (Å²) in [5.41, 5.74) is 9.74. The molecule has 1 heterocycles. The van der Waals surface area contributed by atoms with E-state index >= 15 is 0 Å². The van der Waals surface area contributed by atoms with E-state index < -0.39 is 0 Å². The van der Waals surface area contributed by atoms with Crippen molar-refractivity contribution >= 4 is 11.7 Å². The summed E-state index contributed by atoms with van der Waals surface area (Å²) < 4.78 is 0. The van der Waals surface area contributed by atoms with Gasteiger partial charge in [0.05, 0.1) is 6.61 Å². The molecule has 0 aliphatic heterocycles. The lowest BCUT2D eigenvalue weighted by Gasteiger charge is -2.10. The Morgan fingerprint density at radius 1 is 1.04 bits per heavy atom. The van der Waals surface area contributed by atoms with E-state index in [0.29, 0.717) is 11.4 Å². The molecule has 0 bridgehead atoms. The van der Waals surface area contributed by atoms with Crippen molar-refractivity contribution in [2.75, 3.05) is 18.9 Å². The monoisotopic (exact) mass is 349 g/mol. The standard InChI is InChI=1S/C20H19N3O3/c21-19-18(13-4-6-17(25)7-5-13)11-16(12-23-19)14-2-1-3-15(10-14)20(26)22-8-9-24/h1-7,10-12,24-25H,8-9H2,(H2,21,23)(H,22,26). The number of phenolic OH excluding ortho intramolecular Hbond substituents is 1. The molecule has 26 heavy (non-hydrogen) atoms. The lowest BCUT2D eigenvalue weighted by atomic mass is 9.99. The van der Waals surface area contributed by atoms with Crippen molar-refractivity contribution in [3.63, 3.8) is 0 Å². The number of aliphatic hydroxyl groups excluding tert-OH is 1. The van der Waals surface area contributed by atoms with Gasteiger partial charge in [-0.15, -0.1) is 0 Å². The number of aliphatic hydroxyl groups is 1. The van der Waals surface area contributed by atoms with E-state index in [1.807, 2.05) is 12.1 Å². The number of pyridine rings is 1. The molecule has 0 saturated carbocycles. The van der Waals surface area contributed by atoms with Crippen molar-refractivity contribution < 1.29 is 15.0 Å². The average Bonchev–Trinajstić information content (AvgIpc) is 2.67. The fourth-order valence-electron chi connectivity index (χ4n) is 2.62. The highest BCUT2D eigenvalue weighted by molar-refractivity contribution is 5.95. The molecule has 0 atom stereocenters. The number of benzene rings is 2. The number of phenols is 1. The second-order valence-electron chi connectivity index (χ2n) is 5.76. The quantitative estimate of drug-likeness (QED) is 0.566. The van der Waals surface area contributed by atoms with Gasteiger partial charge in [-0.05, 0) is 41.5 Å². The summed E-state index contributed by atoms with van der Waals surface area (Å²) in [6.45, 7) is 0.0980. The Balaban J connectivity index is 1.96. The van der Waals surface area contributed by atoms with Gasteiger partial charge >= 0.3 is 0 Å². The number of carbonyl (C=O) groups is 1. The van der Waals surface area contributed by atoms with E-state index in [1.165, 1.54) is 0 Å². The normalized spacial score (nSPS) is 10.5. The number of rotatable bonds is 5. The third-order valence-electron chi connectivity index (χ3n) is 3.95. The van der Waals surface area contributed by atoms with E-state index in [4.69, 9.17) is 10.8 Å². The van der Waals surface area contributed by atoms with Crippen molar-refractivity contribution in [1.29, 1.82) is 0 Å². The zero-order valence-corrected chi connectivity index (χ0v) is 14.0. The molecular formula is C20H19N3O3. The number of amides is 1. The number of nitrogens with one attached hydrogen (secondary N) is 1. The first-order valence-corrected chi connectivity index (χ1v) is 8.13. The van der Waals surface area contributed by atoms with E-state index in [-0.39, 0.29) is 24.8 Å². The topological polar surface area (TPSA) is 108 Å². The molecule has 0 radical (unpaired) electrons. The molecule has 0 aliphatic rings. The molecule has 0 unspecified atom stereocenters. The van der Waals surface area contributed by atoms with E-state index in [9.17, 15) is 9.90 Å². The van der Waals surface area contributed by atoms with Crippen molar-refractivity contribution in [1.82, 2.24) is 10.3 Å². The summed E-state index contributed by atoms with van der Waals surface area (Å²) in [5, 5.41) is 20.9. The molecule has 0 saturated heterocycles. The summed E-state index contributed by atoms with van der Waals surface area (Å²) >= 11 is 0. The molecule has 6 heteroatoms. The summed E-state index contributed by atoms with van der Waals surface area (Å²) in [6, 6.07) is 15.8. The van der Waals surface area contributed by atoms with Crippen LogP contribution in [0.3, 0.4) is 0 Å². The maximum absolute atomic E-state index is 12.1. The van der Waals surface area contributed by atoms with Crippen molar-refractivity contribution in [3.8, 4) is 28.0 Å². The second-order valence-corrected chi connectivity index (χ2v) is 5.76. The van der Waals surface area contributed by atoms with Gasteiger partial charge in [0, 0.05) is 29.4 Å². The van der Waals surface area contributed by atoms with Gasteiger partial charge < -0.3 is 21.3 Å². The van der Waals surface area contributed by atoms with E-state index in [1.54, 1.807) is 48.7 Å². The smallest absolute Gasteiger partial charge is 0.251 e. The number of anilines is 1. The third-order valence-corrected chi connectivity index (χ3v) is 3.95. The molecule has 2 aromatic carbocycles. The summed E-state index contributed by atoms with van der Waals surface area (Å²) in [4.78, 5) is 16.3. The molecule has 0 aliphatic carbocycles. The van der Waals surface area contributed by atoms with Crippen molar-refractivity contribution in [3.05, 3.63) is 66.4 Å². The van der Waals surface area contributed by atoms with Crippen LogP contribution >= 0.6 is 0 Å². The van der Waals surface area contributed by atoms with Gasteiger partial charge in [0.25, 0.3) is 5.91 Å². The molecule has 3 aromatic rings. The number of nitrogens with zero attached hydrogens (tertiary/aromatic N) is 1. The number of aromatic hydroxyl groups is 1. The number of hydrogen-bond acceptors (Lipinski definition) is 5. The molecule has 132 valence electrons. The minimum Gasteiger partial charge on any atom is -0.508 e. The van der Waals surface area contributed by atoms with Crippen LogP contribution in [-0.2, 0) is 0 Å². The van der Waals surface area contributed by atoms with Crippen LogP contribution in [0.2, 0.25) is 0 Å². The number of nitrogen functional groups attached to an aromatic ring is 1. The minimum atomic E-state index is -0.247. The largest absolute Gasteiger partial charge is 0.508 e. The van der Waals surface area contributed by atoms with Crippen molar-refractivity contribution in [2.45, 2.75) is 0 Å². The highest BCUT2D eigenvalue weighted by Crippen LogP contribution is 2.30. The average molecular weight is 349 g/mol. The molecular weight excluding hydrogens is 330 g/mol. The van der Waals surface area contributed by atoms with Crippen LogP contribution in [0, 0.1) is 0 Å². The Hall–Kier alpha value is -3.38. The maximum atomic E-state index is 12.1. The zero-order valence-electron chi connectivity index (χ0n) is 14.0. The molecule has 0 spiro atoms. The Kier molecular flexibility index (Phi) is 5.15. The highest BCUT2D eigenvalue weighted by Gasteiger charge is 2.10. The molecule has 1 aromatic heterocycles. The molecule has 0 fully saturated rings. The number of aromatic nitrogens is 1. The van der Waals surface area contributed by atoms with Gasteiger partial charge in [-0.25, -0.2) is 4.98 Å².